The highest BCUT2D eigenvalue weighted by Gasteiger charge is 2.50. The number of para-hydroxylation sites is 1. The van der Waals surface area contributed by atoms with Crippen molar-refractivity contribution < 1.29 is 19.5 Å². The maximum Gasteiger partial charge on any atom is 0.336 e. The van der Waals surface area contributed by atoms with E-state index in [0.29, 0.717) is 34.3 Å². The van der Waals surface area contributed by atoms with E-state index >= 15 is 0 Å². The van der Waals surface area contributed by atoms with E-state index in [2.05, 4.69) is 0 Å². The Kier molecular flexibility index (Phi) is 4.66. The van der Waals surface area contributed by atoms with Crippen molar-refractivity contribution in [2.45, 2.75) is 20.3 Å². The predicted octanol–water partition coefficient (Wildman–Crippen LogP) is 4.61. The lowest BCUT2D eigenvalue weighted by Gasteiger charge is -2.22. The molecule has 2 aromatic carbocycles. The van der Waals surface area contributed by atoms with E-state index in [-0.39, 0.29) is 35.1 Å². The van der Waals surface area contributed by atoms with Crippen molar-refractivity contribution >= 4 is 34.4 Å². The Morgan fingerprint density at radius 3 is 2.53 bits per heavy atom. The summed E-state index contributed by atoms with van der Waals surface area (Å²) < 4.78 is 0. The lowest BCUT2D eigenvalue weighted by molar-refractivity contribution is -0.122. The first-order chi connectivity index (χ1) is 15.4. The molecule has 1 N–H and O–H groups in total. The first-order valence-corrected chi connectivity index (χ1v) is 10.7. The van der Waals surface area contributed by atoms with Gasteiger partial charge in [-0.2, -0.15) is 0 Å². The van der Waals surface area contributed by atoms with Gasteiger partial charge in [-0.15, -0.1) is 0 Å². The normalized spacial score (nSPS) is 22.4. The fourth-order valence-electron chi connectivity index (χ4n) is 4.90. The Labute approximate surface area is 185 Å². The van der Waals surface area contributed by atoms with E-state index < -0.39 is 5.97 Å². The average molecular weight is 426 g/mol. The first kappa shape index (κ1) is 20.1. The number of hydrogen-bond donors (Lipinski definition) is 1. The number of aromatic carboxylic acids is 1. The standard InChI is InChI=1S/C26H22N2O4/c1-14-5-3-8-19-22(14)25(30)28(24(19)29)17-11-9-16(10-12-17)21-13-20(26(31)32)18-7-4-6-15(2)23(18)27-21/h3-7,9-14,19,22H,8H2,1-2H3,(H,31,32). The molecule has 5 rings (SSSR count). The van der Waals surface area contributed by atoms with Gasteiger partial charge in [0, 0.05) is 10.9 Å². The van der Waals surface area contributed by atoms with Crippen molar-refractivity contribution in [2.24, 2.45) is 17.8 Å². The number of aromatic nitrogens is 1. The molecule has 0 saturated carbocycles. The van der Waals surface area contributed by atoms with Crippen LogP contribution >= 0.6 is 0 Å². The summed E-state index contributed by atoms with van der Waals surface area (Å²) in [5.74, 6) is -1.90. The van der Waals surface area contributed by atoms with Crippen molar-refractivity contribution in [3.63, 3.8) is 0 Å². The lowest BCUT2D eigenvalue weighted by atomic mass is 9.78. The lowest BCUT2D eigenvalue weighted by Crippen LogP contribution is -2.31. The van der Waals surface area contributed by atoms with Gasteiger partial charge in [0.1, 0.15) is 0 Å². The number of carbonyl (C=O) groups excluding carboxylic acids is 2. The van der Waals surface area contributed by atoms with Gasteiger partial charge >= 0.3 is 5.97 Å². The van der Waals surface area contributed by atoms with Gasteiger partial charge in [-0.3, -0.25) is 14.5 Å². The molecule has 2 heterocycles. The molecule has 32 heavy (non-hydrogen) atoms. The number of benzene rings is 2. The minimum atomic E-state index is -1.01. The molecule has 1 aromatic heterocycles. The number of carbonyl (C=O) groups is 3. The third kappa shape index (κ3) is 3.02. The quantitative estimate of drug-likeness (QED) is 0.488. The van der Waals surface area contributed by atoms with Crippen LogP contribution in [0.25, 0.3) is 22.2 Å². The second-order valence-electron chi connectivity index (χ2n) is 8.55. The van der Waals surface area contributed by atoms with Gasteiger partial charge in [0.15, 0.2) is 0 Å². The molecule has 2 aliphatic rings. The molecule has 2 amide bonds. The van der Waals surface area contributed by atoms with Gasteiger partial charge in [0.2, 0.25) is 11.8 Å². The summed E-state index contributed by atoms with van der Waals surface area (Å²) in [7, 11) is 0. The smallest absolute Gasteiger partial charge is 0.336 e. The summed E-state index contributed by atoms with van der Waals surface area (Å²) in [5.41, 5.74) is 3.49. The molecule has 1 fully saturated rings. The summed E-state index contributed by atoms with van der Waals surface area (Å²) in [6.07, 6.45) is 4.58. The fraction of sp³-hybridized carbons (Fsp3) is 0.231. The average Bonchev–Trinajstić information content (AvgIpc) is 3.04. The Hall–Kier alpha value is -3.80. The van der Waals surface area contributed by atoms with Crippen LogP contribution in [0, 0.1) is 24.7 Å². The van der Waals surface area contributed by atoms with Crippen LogP contribution in [-0.2, 0) is 9.59 Å². The van der Waals surface area contributed by atoms with E-state index in [1.165, 1.54) is 4.90 Å². The minimum Gasteiger partial charge on any atom is -0.478 e. The zero-order chi connectivity index (χ0) is 22.6. The first-order valence-electron chi connectivity index (χ1n) is 10.7. The molecule has 160 valence electrons. The molecule has 3 aromatic rings. The van der Waals surface area contributed by atoms with E-state index in [0.717, 1.165) is 5.56 Å². The molecule has 0 bridgehead atoms. The van der Waals surface area contributed by atoms with Crippen molar-refractivity contribution in [1.29, 1.82) is 0 Å². The number of anilines is 1. The van der Waals surface area contributed by atoms with Gasteiger partial charge in [0.05, 0.1) is 34.3 Å². The molecular formula is C26H22N2O4. The van der Waals surface area contributed by atoms with Crippen molar-refractivity contribution in [2.75, 3.05) is 4.90 Å². The summed E-state index contributed by atoms with van der Waals surface area (Å²) in [4.78, 5) is 43.8. The van der Waals surface area contributed by atoms with Crippen LogP contribution in [0.3, 0.4) is 0 Å². The highest BCUT2D eigenvalue weighted by Crippen LogP contribution is 2.40. The predicted molar refractivity (Wildman–Crippen MR) is 121 cm³/mol. The van der Waals surface area contributed by atoms with Crippen LogP contribution in [-0.4, -0.2) is 27.9 Å². The molecule has 3 atom stereocenters. The van der Waals surface area contributed by atoms with Crippen molar-refractivity contribution in [3.05, 3.63) is 71.8 Å². The Morgan fingerprint density at radius 2 is 1.84 bits per heavy atom. The molecule has 1 saturated heterocycles. The number of carboxylic acids is 1. The second-order valence-corrected chi connectivity index (χ2v) is 8.55. The summed E-state index contributed by atoms with van der Waals surface area (Å²) in [6, 6.07) is 14.0. The van der Waals surface area contributed by atoms with Gasteiger partial charge in [0.25, 0.3) is 0 Å². The van der Waals surface area contributed by atoms with Crippen LogP contribution in [0.4, 0.5) is 5.69 Å². The largest absolute Gasteiger partial charge is 0.478 e. The third-order valence-electron chi connectivity index (χ3n) is 6.57. The molecule has 3 unspecified atom stereocenters. The Morgan fingerprint density at radius 1 is 1.09 bits per heavy atom. The van der Waals surface area contributed by atoms with Gasteiger partial charge in [-0.25, -0.2) is 9.78 Å². The second kappa shape index (κ2) is 7.41. The SMILES string of the molecule is Cc1cccc2c(C(=O)O)cc(-c3ccc(N4C(=O)C5CC=CC(C)C5C4=O)cc3)nc12. The van der Waals surface area contributed by atoms with Gasteiger partial charge in [-0.05, 0) is 43.0 Å². The maximum absolute atomic E-state index is 13.0. The zero-order valence-corrected chi connectivity index (χ0v) is 17.8. The number of allylic oxidation sites excluding steroid dienone is 2. The number of carboxylic acid groups (broad SMARTS) is 1. The molecule has 1 aliphatic carbocycles. The van der Waals surface area contributed by atoms with E-state index in [4.69, 9.17) is 4.98 Å². The number of imide groups is 1. The van der Waals surface area contributed by atoms with Crippen LogP contribution in [0.2, 0.25) is 0 Å². The Bertz CT molecular complexity index is 1310. The molecule has 6 nitrogen and oxygen atoms in total. The Balaban J connectivity index is 1.53. The zero-order valence-electron chi connectivity index (χ0n) is 17.8. The maximum atomic E-state index is 13.0. The van der Waals surface area contributed by atoms with Crippen LogP contribution < -0.4 is 4.90 Å². The number of nitrogens with zero attached hydrogens (tertiary/aromatic N) is 2. The number of aryl methyl sites for hydroxylation is 1. The number of hydrogen-bond acceptors (Lipinski definition) is 4. The van der Waals surface area contributed by atoms with Crippen LogP contribution in [0.15, 0.2) is 60.7 Å². The fourth-order valence-corrected chi connectivity index (χ4v) is 4.90. The third-order valence-corrected chi connectivity index (χ3v) is 6.57. The van der Waals surface area contributed by atoms with Gasteiger partial charge < -0.3 is 5.11 Å². The molecule has 0 spiro atoms. The molecule has 0 radical (unpaired) electrons. The van der Waals surface area contributed by atoms with E-state index in [1.54, 1.807) is 36.4 Å². The van der Waals surface area contributed by atoms with Crippen LogP contribution in [0.1, 0.15) is 29.3 Å². The number of rotatable bonds is 3. The summed E-state index contributed by atoms with van der Waals surface area (Å²) in [5, 5.41) is 10.3. The molecular weight excluding hydrogens is 404 g/mol. The number of pyridine rings is 1. The summed E-state index contributed by atoms with van der Waals surface area (Å²) in [6.45, 7) is 3.87. The van der Waals surface area contributed by atoms with E-state index in [9.17, 15) is 19.5 Å². The highest BCUT2D eigenvalue weighted by molar-refractivity contribution is 6.22. The monoisotopic (exact) mass is 426 g/mol. The number of fused-ring (bicyclic) bond motifs is 2. The van der Waals surface area contributed by atoms with Crippen molar-refractivity contribution in [3.8, 4) is 11.3 Å². The number of amides is 2. The topological polar surface area (TPSA) is 87.6 Å². The van der Waals surface area contributed by atoms with E-state index in [1.807, 2.05) is 38.1 Å². The highest BCUT2D eigenvalue weighted by atomic mass is 16.4. The van der Waals surface area contributed by atoms with Crippen molar-refractivity contribution in [1.82, 2.24) is 4.98 Å². The minimum absolute atomic E-state index is 0.0361. The molecule has 1 aliphatic heterocycles. The molecule has 6 heteroatoms. The summed E-state index contributed by atoms with van der Waals surface area (Å²) >= 11 is 0. The van der Waals surface area contributed by atoms with Crippen LogP contribution in [0.5, 0.6) is 0 Å². The van der Waals surface area contributed by atoms with Gasteiger partial charge in [-0.1, -0.05) is 49.4 Å².